The fourth-order valence-corrected chi connectivity index (χ4v) is 2.03. The molecule has 0 atom stereocenters. The predicted octanol–water partition coefficient (Wildman–Crippen LogP) is 4.84. The third kappa shape index (κ3) is 3.28. The molecule has 0 bridgehead atoms. The Kier molecular flexibility index (Phi) is 4.45. The third-order valence-corrected chi connectivity index (χ3v) is 3.18. The Morgan fingerprint density at radius 2 is 1.84 bits per heavy atom. The van der Waals surface area contributed by atoms with Gasteiger partial charge in [-0.3, -0.25) is 0 Å². The fraction of sp³-hybridized carbons (Fsp3) is 0.294. The first kappa shape index (κ1) is 13.5. The Morgan fingerprint density at radius 1 is 1.05 bits per heavy atom. The Bertz CT molecular complexity index is 547. The molecule has 2 aromatic carbocycles. The number of hydrogen-bond donors (Lipinski definition) is 1. The largest absolute Gasteiger partial charge is 0.504 e. The van der Waals surface area contributed by atoms with Crippen LogP contribution in [0.3, 0.4) is 0 Å². The van der Waals surface area contributed by atoms with E-state index in [2.05, 4.69) is 6.92 Å². The van der Waals surface area contributed by atoms with Crippen molar-refractivity contribution < 1.29 is 9.84 Å². The number of hydrogen-bond acceptors (Lipinski definition) is 2. The first-order valence-electron chi connectivity index (χ1n) is 6.76. The van der Waals surface area contributed by atoms with Crippen molar-refractivity contribution in [2.75, 3.05) is 0 Å². The molecule has 2 aromatic rings. The summed E-state index contributed by atoms with van der Waals surface area (Å²) in [6, 6.07) is 13.4. The Labute approximate surface area is 114 Å². The van der Waals surface area contributed by atoms with Gasteiger partial charge in [0.2, 0.25) is 0 Å². The van der Waals surface area contributed by atoms with Crippen molar-refractivity contribution in [1.29, 1.82) is 0 Å². The number of aromatic hydroxyl groups is 1. The van der Waals surface area contributed by atoms with Gasteiger partial charge < -0.3 is 9.84 Å². The smallest absolute Gasteiger partial charge is 0.172 e. The van der Waals surface area contributed by atoms with E-state index in [1.165, 1.54) is 0 Å². The minimum atomic E-state index is 0.205. The molecule has 0 saturated carbocycles. The third-order valence-electron chi connectivity index (χ3n) is 3.18. The molecule has 0 radical (unpaired) electrons. The molecule has 0 unspecified atom stereocenters. The predicted molar refractivity (Wildman–Crippen MR) is 78.0 cm³/mol. The zero-order chi connectivity index (χ0) is 13.7. The minimum absolute atomic E-state index is 0.205. The molecule has 1 N–H and O–H groups in total. The second kappa shape index (κ2) is 6.28. The summed E-state index contributed by atoms with van der Waals surface area (Å²) >= 11 is 0. The molecule has 0 spiro atoms. The standard InChI is InChI=1S/C17H20O2/c1-3-4-9-14-10-7-11-15(18)17(14)19-16-12-6-5-8-13(16)2/h5-8,10-12,18H,3-4,9H2,1-2H3. The van der Waals surface area contributed by atoms with Crippen molar-refractivity contribution in [3.63, 3.8) is 0 Å². The van der Waals surface area contributed by atoms with Crippen LogP contribution >= 0.6 is 0 Å². The van der Waals surface area contributed by atoms with Crippen LogP contribution in [0, 0.1) is 6.92 Å². The highest BCUT2D eigenvalue weighted by molar-refractivity contribution is 5.49. The molecule has 2 heteroatoms. The van der Waals surface area contributed by atoms with Crippen molar-refractivity contribution in [1.82, 2.24) is 0 Å². The molecule has 0 heterocycles. The maximum absolute atomic E-state index is 10.0. The molecule has 2 nitrogen and oxygen atoms in total. The average Bonchev–Trinajstić information content (AvgIpc) is 2.41. The molecule has 19 heavy (non-hydrogen) atoms. The zero-order valence-electron chi connectivity index (χ0n) is 11.5. The summed E-state index contributed by atoms with van der Waals surface area (Å²) in [4.78, 5) is 0. The number of rotatable bonds is 5. The van der Waals surface area contributed by atoms with Crippen LogP contribution in [-0.4, -0.2) is 5.11 Å². The molecular weight excluding hydrogens is 236 g/mol. The Balaban J connectivity index is 2.31. The summed E-state index contributed by atoms with van der Waals surface area (Å²) in [6.07, 6.45) is 3.14. The highest BCUT2D eigenvalue weighted by Gasteiger charge is 2.11. The number of ether oxygens (including phenoxy) is 1. The van der Waals surface area contributed by atoms with Crippen molar-refractivity contribution in [2.24, 2.45) is 0 Å². The lowest BCUT2D eigenvalue weighted by atomic mass is 10.1. The van der Waals surface area contributed by atoms with Gasteiger partial charge in [-0.1, -0.05) is 43.7 Å². The topological polar surface area (TPSA) is 29.5 Å². The molecule has 0 aliphatic heterocycles. The van der Waals surface area contributed by atoms with Gasteiger partial charge >= 0.3 is 0 Å². The van der Waals surface area contributed by atoms with Crippen LogP contribution in [0.25, 0.3) is 0 Å². The van der Waals surface area contributed by atoms with E-state index in [-0.39, 0.29) is 5.75 Å². The summed E-state index contributed by atoms with van der Waals surface area (Å²) in [5.41, 5.74) is 2.12. The minimum Gasteiger partial charge on any atom is -0.504 e. The van der Waals surface area contributed by atoms with E-state index >= 15 is 0 Å². The van der Waals surface area contributed by atoms with Crippen LogP contribution in [0.4, 0.5) is 0 Å². The Hall–Kier alpha value is -1.96. The lowest BCUT2D eigenvalue weighted by Gasteiger charge is -2.14. The van der Waals surface area contributed by atoms with Crippen molar-refractivity contribution in [3.05, 3.63) is 53.6 Å². The molecule has 0 aliphatic rings. The normalized spacial score (nSPS) is 10.4. The second-order valence-electron chi connectivity index (χ2n) is 4.74. The summed E-state index contributed by atoms with van der Waals surface area (Å²) in [6.45, 7) is 4.16. The van der Waals surface area contributed by atoms with Gasteiger partial charge in [-0.2, -0.15) is 0 Å². The van der Waals surface area contributed by atoms with Gasteiger partial charge in [0.05, 0.1) is 0 Å². The van der Waals surface area contributed by atoms with Crippen LogP contribution in [0.5, 0.6) is 17.2 Å². The number of unbranched alkanes of at least 4 members (excludes halogenated alkanes) is 1. The van der Waals surface area contributed by atoms with Crippen LogP contribution < -0.4 is 4.74 Å². The van der Waals surface area contributed by atoms with Crippen molar-refractivity contribution in [3.8, 4) is 17.2 Å². The molecule has 0 aliphatic carbocycles. The van der Waals surface area contributed by atoms with Crippen LogP contribution in [0.15, 0.2) is 42.5 Å². The monoisotopic (exact) mass is 256 g/mol. The highest BCUT2D eigenvalue weighted by Crippen LogP contribution is 2.36. The Morgan fingerprint density at radius 3 is 2.58 bits per heavy atom. The SMILES string of the molecule is CCCCc1cccc(O)c1Oc1ccccc1C. The van der Waals surface area contributed by atoms with E-state index in [1.54, 1.807) is 6.07 Å². The molecule has 0 aromatic heterocycles. The highest BCUT2D eigenvalue weighted by atomic mass is 16.5. The van der Waals surface area contributed by atoms with E-state index in [1.807, 2.05) is 43.3 Å². The molecular formula is C17H20O2. The summed E-state index contributed by atoms with van der Waals surface area (Å²) in [5.74, 6) is 1.59. The average molecular weight is 256 g/mol. The number of para-hydroxylation sites is 2. The van der Waals surface area contributed by atoms with Gasteiger partial charge in [0.25, 0.3) is 0 Å². The number of phenolic OH excluding ortho intramolecular Hbond substituents is 1. The van der Waals surface area contributed by atoms with Crippen molar-refractivity contribution in [2.45, 2.75) is 33.1 Å². The van der Waals surface area contributed by atoms with Crippen LogP contribution in [0.2, 0.25) is 0 Å². The summed E-state index contributed by atoms with van der Waals surface area (Å²) in [7, 11) is 0. The number of benzene rings is 2. The van der Waals surface area contributed by atoms with Gasteiger partial charge in [-0.15, -0.1) is 0 Å². The maximum Gasteiger partial charge on any atom is 0.172 e. The van der Waals surface area contributed by atoms with Gasteiger partial charge in [0, 0.05) is 0 Å². The zero-order valence-corrected chi connectivity index (χ0v) is 11.5. The number of aryl methyl sites for hydroxylation is 2. The first-order chi connectivity index (χ1) is 9.22. The first-order valence-corrected chi connectivity index (χ1v) is 6.76. The maximum atomic E-state index is 10.0. The van der Waals surface area contributed by atoms with E-state index in [0.29, 0.717) is 5.75 Å². The van der Waals surface area contributed by atoms with Crippen LogP contribution in [-0.2, 0) is 6.42 Å². The van der Waals surface area contributed by atoms with Crippen LogP contribution in [0.1, 0.15) is 30.9 Å². The van der Waals surface area contributed by atoms with Gasteiger partial charge in [-0.25, -0.2) is 0 Å². The molecule has 0 fully saturated rings. The van der Waals surface area contributed by atoms with Gasteiger partial charge in [-0.05, 0) is 43.0 Å². The quantitative estimate of drug-likeness (QED) is 0.829. The fourth-order valence-electron chi connectivity index (χ4n) is 2.03. The molecule has 0 amide bonds. The van der Waals surface area contributed by atoms with E-state index in [4.69, 9.17) is 4.74 Å². The van der Waals surface area contributed by atoms with E-state index in [0.717, 1.165) is 36.1 Å². The number of phenols is 1. The summed E-state index contributed by atoms with van der Waals surface area (Å²) in [5, 5.41) is 10.0. The van der Waals surface area contributed by atoms with E-state index < -0.39 is 0 Å². The van der Waals surface area contributed by atoms with Gasteiger partial charge in [0.1, 0.15) is 5.75 Å². The molecule has 100 valence electrons. The summed E-state index contributed by atoms with van der Waals surface area (Å²) < 4.78 is 5.92. The molecule has 2 rings (SSSR count). The lowest BCUT2D eigenvalue weighted by Crippen LogP contribution is -1.94. The van der Waals surface area contributed by atoms with Gasteiger partial charge in [0.15, 0.2) is 11.5 Å². The second-order valence-corrected chi connectivity index (χ2v) is 4.74. The molecule has 0 saturated heterocycles. The van der Waals surface area contributed by atoms with Crippen molar-refractivity contribution >= 4 is 0 Å². The lowest BCUT2D eigenvalue weighted by molar-refractivity contribution is 0.405. The van der Waals surface area contributed by atoms with E-state index in [9.17, 15) is 5.11 Å².